The molecule has 2 aromatic heterocycles. The minimum Gasteiger partial charge on any atom is -0.379 e. The first-order valence-corrected chi connectivity index (χ1v) is 9.10. The zero-order valence-electron chi connectivity index (χ0n) is 16.3. The van der Waals surface area contributed by atoms with Crippen molar-refractivity contribution >= 4 is 5.91 Å². The van der Waals surface area contributed by atoms with E-state index in [9.17, 15) is 4.79 Å². The second-order valence-electron chi connectivity index (χ2n) is 7.24. The summed E-state index contributed by atoms with van der Waals surface area (Å²) >= 11 is 0. The smallest absolute Gasteiger partial charge is 0.223 e. The van der Waals surface area contributed by atoms with Crippen LogP contribution in [0.25, 0.3) is 0 Å². The Bertz CT molecular complexity index is 780. The molecule has 0 spiro atoms. The van der Waals surface area contributed by atoms with Gasteiger partial charge in [-0.25, -0.2) is 0 Å². The highest BCUT2D eigenvalue weighted by Crippen LogP contribution is 2.25. The van der Waals surface area contributed by atoms with Crippen LogP contribution in [0.1, 0.15) is 34.8 Å². The van der Waals surface area contributed by atoms with Crippen LogP contribution in [0.2, 0.25) is 0 Å². The molecule has 0 radical (unpaired) electrons. The molecule has 1 fully saturated rings. The normalized spacial score (nSPS) is 20.1. The lowest BCUT2D eigenvalue weighted by atomic mass is 10.0. The maximum atomic E-state index is 12.7. The lowest BCUT2D eigenvalue weighted by Gasteiger charge is -2.16. The number of aromatic nitrogens is 3. The molecule has 0 saturated carbocycles. The second-order valence-corrected chi connectivity index (χ2v) is 7.24. The highest BCUT2D eigenvalue weighted by Gasteiger charge is 2.36. The van der Waals surface area contributed by atoms with Gasteiger partial charge >= 0.3 is 0 Å². The van der Waals surface area contributed by atoms with E-state index in [2.05, 4.69) is 10.3 Å². The topological polar surface area (TPSA) is 73.4 Å². The molecule has 1 aliphatic heterocycles. The monoisotopic (exact) mass is 360 g/mol. The predicted octanol–water partition coefficient (Wildman–Crippen LogP) is 1.98. The van der Waals surface area contributed by atoms with E-state index >= 15 is 0 Å². The Morgan fingerprint density at radius 2 is 2.12 bits per heavy atom. The van der Waals surface area contributed by atoms with Crippen molar-refractivity contribution in [2.45, 2.75) is 46.1 Å². The number of aryl methyl sites for hydroxylation is 3. The summed E-state index contributed by atoms with van der Waals surface area (Å²) in [5.74, 6) is 1.26. The lowest BCUT2D eigenvalue weighted by molar-refractivity contribution is -0.130. The summed E-state index contributed by atoms with van der Waals surface area (Å²) in [6.45, 7) is 7.29. The Labute approximate surface area is 154 Å². The number of methoxy groups -OCH3 is 1. The van der Waals surface area contributed by atoms with Crippen LogP contribution in [0.3, 0.4) is 0 Å². The minimum absolute atomic E-state index is 0.0335. The Balaban J connectivity index is 1.59. The van der Waals surface area contributed by atoms with Gasteiger partial charge < -0.3 is 14.2 Å². The van der Waals surface area contributed by atoms with E-state index < -0.39 is 0 Å². The summed E-state index contributed by atoms with van der Waals surface area (Å²) in [6.07, 6.45) is 2.00. The fourth-order valence-corrected chi connectivity index (χ4v) is 3.85. The largest absolute Gasteiger partial charge is 0.379 e. The van der Waals surface area contributed by atoms with Crippen LogP contribution in [0.15, 0.2) is 10.6 Å². The average Bonchev–Trinajstić information content (AvgIpc) is 3.26. The van der Waals surface area contributed by atoms with Crippen molar-refractivity contribution in [3.8, 4) is 0 Å². The summed E-state index contributed by atoms with van der Waals surface area (Å²) in [7, 11) is 3.65. The van der Waals surface area contributed by atoms with E-state index in [1.807, 2.05) is 43.5 Å². The highest BCUT2D eigenvalue weighted by atomic mass is 16.5. The summed E-state index contributed by atoms with van der Waals surface area (Å²) in [4.78, 5) is 14.6. The van der Waals surface area contributed by atoms with Crippen molar-refractivity contribution < 1.29 is 14.1 Å². The third-order valence-electron chi connectivity index (χ3n) is 5.42. The van der Waals surface area contributed by atoms with Crippen LogP contribution >= 0.6 is 0 Å². The van der Waals surface area contributed by atoms with Gasteiger partial charge in [0, 0.05) is 57.8 Å². The van der Waals surface area contributed by atoms with Crippen molar-refractivity contribution in [1.29, 1.82) is 0 Å². The summed E-state index contributed by atoms with van der Waals surface area (Å²) < 4.78 is 12.8. The molecular weight excluding hydrogens is 332 g/mol. The Kier molecular flexibility index (Phi) is 5.46. The van der Waals surface area contributed by atoms with Crippen molar-refractivity contribution in [2.75, 3.05) is 20.2 Å². The molecular formula is C19H28N4O3. The van der Waals surface area contributed by atoms with E-state index in [1.54, 1.807) is 7.11 Å². The molecule has 2 atom stereocenters. The number of hydrogen-bond donors (Lipinski definition) is 0. The van der Waals surface area contributed by atoms with E-state index in [0.29, 0.717) is 19.5 Å². The number of carbonyl (C=O) groups excluding carboxylic acids is 1. The SMILES string of the molecule is CO[C@H]1CN(C(=O)CCc2c(C)nn(C)c2C)C[C@H]1Cc1cc(C)no1. The van der Waals surface area contributed by atoms with Gasteiger partial charge in [0.2, 0.25) is 5.91 Å². The number of amides is 1. The van der Waals surface area contributed by atoms with Gasteiger partial charge in [-0.05, 0) is 32.8 Å². The third-order valence-corrected chi connectivity index (χ3v) is 5.42. The Morgan fingerprint density at radius 3 is 2.69 bits per heavy atom. The molecule has 26 heavy (non-hydrogen) atoms. The van der Waals surface area contributed by atoms with Crippen LogP contribution in [0.4, 0.5) is 0 Å². The lowest BCUT2D eigenvalue weighted by Crippen LogP contribution is -2.30. The molecule has 142 valence electrons. The minimum atomic E-state index is 0.0335. The summed E-state index contributed by atoms with van der Waals surface area (Å²) in [6, 6.07) is 1.95. The molecule has 7 heteroatoms. The van der Waals surface area contributed by atoms with Crippen molar-refractivity contribution in [1.82, 2.24) is 19.8 Å². The van der Waals surface area contributed by atoms with Crippen LogP contribution in [-0.4, -0.2) is 52.0 Å². The van der Waals surface area contributed by atoms with Gasteiger partial charge in [0.25, 0.3) is 0 Å². The molecule has 3 rings (SSSR count). The first-order valence-electron chi connectivity index (χ1n) is 9.10. The molecule has 7 nitrogen and oxygen atoms in total. The number of ether oxygens (including phenoxy) is 1. The number of carbonyl (C=O) groups is 1. The standard InChI is InChI=1S/C19H28N4O3/c1-12-8-16(26-21-12)9-15-10-23(11-18(15)25-5)19(24)7-6-17-13(2)20-22(4)14(17)3/h8,15,18H,6-7,9-11H2,1-5H3/t15-,18+/m1/s1. The molecule has 0 aliphatic carbocycles. The van der Waals surface area contributed by atoms with Gasteiger partial charge in [0.15, 0.2) is 0 Å². The van der Waals surface area contributed by atoms with Crippen LogP contribution in [0, 0.1) is 26.7 Å². The number of nitrogens with zero attached hydrogens (tertiary/aromatic N) is 4. The van der Waals surface area contributed by atoms with Gasteiger partial charge in [-0.1, -0.05) is 5.16 Å². The van der Waals surface area contributed by atoms with Gasteiger partial charge in [-0.15, -0.1) is 0 Å². The van der Waals surface area contributed by atoms with E-state index in [0.717, 1.165) is 35.7 Å². The fourth-order valence-electron chi connectivity index (χ4n) is 3.85. The third kappa shape index (κ3) is 3.82. The number of hydrogen-bond acceptors (Lipinski definition) is 5. The van der Waals surface area contributed by atoms with Crippen LogP contribution in [0.5, 0.6) is 0 Å². The van der Waals surface area contributed by atoms with Crippen molar-refractivity contribution in [3.05, 3.63) is 34.5 Å². The summed E-state index contributed by atoms with van der Waals surface area (Å²) in [5.41, 5.74) is 4.19. The zero-order valence-corrected chi connectivity index (χ0v) is 16.3. The molecule has 0 bridgehead atoms. The zero-order chi connectivity index (χ0) is 18.8. The Hall–Kier alpha value is -2.15. The number of likely N-dealkylation sites (tertiary alicyclic amines) is 1. The second kappa shape index (κ2) is 7.61. The van der Waals surface area contributed by atoms with Crippen molar-refractivity contribution in [3.63, 3.8) is 0 Å². The Morgan fingerprint density at radius 1 is 1.35 bits per heavy atom. The van der Waals surface area contributed by atoms with Crippen LogP contribution in [-0.2, 0) is 29.4 Å². The maximum absolute atomic E-state index is 12.7. The van der Waals surface area contributed by atoms with E-state index in [-0.39, 0.29) is 17.9 Å². The first-order chi connectivity index (χ1) is 12.4. The van der Waals surface area contributed by atoms with Crippen LogP contribution < -0.4 is 0 Å². The molecule has 3 heterocycles. The molecule has 1 aliphatic rings. The fraction of sp³-hybridized carbons (Fsp3) is 0.632. The van der Waals surface area contributed by atoms with E-state index in [4.69, 9.17) is 9.26 Å². The predicted molar refractivity (Wildman–Crippen MR) is 96.8 cm³/mol. The van der Waals surface area contributed by atoms with Gasteiger partial charge in [0.05, 0.1) is 17.5 Å². The van der Waals surface area contributed by atoms with Gasteiger partial charge in [-0.3, -0.25) is 9.48 Å². The van der Waals surface area contributed by atoms with Crippen molar-refractivity contribution in [2.24, 2.45) is 13.0 Å². The molecule has 2 aromatic rings. The number of rotatable bonds is 6. The van der Waals surface area contributed by atoms with Gasteiger partial charge in [0.1, 0.15) is 5.76 Å². The molecule has 0 aromatic carbocycles. The highest BCUT2D eigenvalue weighted by molar-refractivity contribution is 5.77. The molecule has 1 saturated heterocycles. The van der Waals surface area contributed by atoms with E-state index in [1.165, 1.54) is 5.56 Å². The quantitative estimate of drug-likeness (QED) is 0.788. The molecule has 0 N–H and O–H groups in total. The summed E-state index contributed by atoms with van der Waals surface area (Å²) in [5, 5.41) is 8.37. The maximum Gasteiger partial charge on any atom is 0.223 e. The first kappa shape index (κ1) is 18.6. The molecule has 0 unspecified atom stereocenters. The molecule has 1 amide bonds. The van der Waals surface area contributed by atoms with Gasteiger partial charge in [-0.2, -0.15) is 5.10 Å². The average molecular weight is 360 g/mol.